The van der Waals surface area contributed by atoms with Gasteiger partial charge >= 0.3 is 6.18 Å². The Morgan fingerprint density at radius 2 is 1.74 bits per heavy atom. The number of rotatable bonds is 0. The van der Waals surface area contributed by atoms with Gasteiger partial charge in [0.05, 0.1) is 0 Å². The lowest BCUT2D eigenvalue weighted by atomic mass is 10.1. The monoisotopic (exact) mass is 280 g/mol. The van der Waals surface area contributed by atoms with Crippen LogP contribution >= 0.6 is 11.3 Å². The summed E-state index contributed by atoms with van der Waals surface area (Å²) in [4.78, 5) is 11.1. The van der Waals surface area contributed by atoms with Crippen LogP contribution in [-0.2, 0) is 6.18 Å². The molecule has 5 heteroatoms. The summed E-state index contributed by atoms with van der Waals surface area (Å²) >= 11 is 0.598. The van der Waals surface area contributed by atoms with Crippen LogP contribution in [0.5, 0.6) is 0 Å². The van der Waals surface area contributed by atoms with Gasteiger partial charge in [0.15, 0.2) is 5.43 Å². The van der Waals surface area contributed by atoms with Crippen LogP contribution in [0.3, 0.4) is 0 Å². The molecular weight excluding hydrogens is 273 g/mol. The molecule has 0 spiro atoms. The molecule has 1 aromatic heterocycles. The van der Waals surface area contributed by atoms with Gasteiger partial charge < -0.3 is 0 Å². The first-order chi connectivity index (χ1) is 8.97. The van der Waals surface area contributed by atoms with Crippen LogP contribution in [0, 0.1) is 0 Å². The quantitative estimate of drug-likeness (QED) is 0.557. The van der Waals surface area contributed by atoms with Gasteiger partial charge in [0, 0.05) is 16.2 Å². The van der Waals surface area contributed by atoms with E-state index in [0.29, 0.717) is 32.9 Å². The Hall–Kier alpha value is -1.88. The highest BCUT2D eigenvalue weighted by Gasteiger charge is 2.32. The Morgan fingerprint density at radius 3 is 2.47 bits per heavy atom. The second kappa shape index (κ2) is 4.06. The maximum absolute atomic E-state index is 12.7. The van der Waals surface area contributed by atoms with Gasteiger partial charge in [-0.2, -0.15) is 13.2 Å². The van der Waals surface area contributed by atoms with E-state index >= 15 is 0 Å². The minimum Gasteiger partial charge on any atom is -0.289 e. The van der Waals surface area contributed by atoms with Crippen molar-refractivity contribution in [2.45, 2.75) is 6.18 Å². The first kappa shape index (κ1) is 12.2. The van der Waals surface area contributed by atoms with E-state index in [1.54, 1.807) is 24.3 Å². The molecular formula is C14H7F3OS. The Balaban J connectivity index is 2.47. The number of alkyl halides is 3. The van der Waals surface area contributed by atoms with Gasteiger partial charge in [-0.25, -0.2) is 0 Å². The minimum atomic E-state index is -4.48. The second-order valence-corrected chi connectivity index (χ2v) is 5.22. The molecule has 2 aromatic carbocycles. The molecule has 0 unspecified atom stereocenters. The third-order valence-electron chi connectivity index (χ3n) is 2.90. The molecule has 0 saturated carbocycles. The van der Waals surface area contributed by atoms with E-state index < -0.39 is 16.5 Å². The van der Waals surface area contributed by atoms with Gasteiger partial charge in [-0.3, -0.25) is 4.79 Å². The predicted molar refractivity (Wildman–Crippen MR) is 70.6 cm³/mol. The van der Waals surface area contributed by atoms with E-state index in [4.69, 9.17) is 0 Å². The van der Waals surface area contributed by atoms with E-state index in [1.807, 2.05) is 12.1 Å². The maximum atomic E-state index is 12.7. The minimum absolute atomic E-state index is 0.358. The van der Waals surface area contributed by atoms with Crippen molar-refractivity contribution in [1.82, 2.24) is 0 Å². The molecule has 0 N–H and O–H groups in total. The molecule has 96 valence electrons. The Morgan fingerprint density at radius 1 is 1.00 bits per heavy atom. The number of hydrogen-bond donors (Lipinski definition) is 0. The van der Waals surface area contributed by atoms with Gasteiger partial charge in [0.1, 0.15) is 4.88 Å². The summed E-state index contributed by atoms with van der Waals surface area (Å²) in [5.41, 5.74) is -0.585. The molecule has 0 aliphatic heterocycles. The van der Waals surface area contributed by atoms with Crippen molar-refractivity contribution in [2.24, 2.45) is 0 Å². The number of halogens is 3. The Labute approximate surface area is 109 Å². The molecule has 19 heavy (non-hydrogen) atoms. The summed E-state index contributed by atoms with van der Waals surface area (Å²) < 4.78 is 38.4. The van der Waals surface area contributed by atoms with E-state index in [9.17, 15) is 18.0 Å². The first-order valence-electron chi connectivity index (χ1n) is 5.49. The molecule has 1 nitrogen and oxygen atoms in total. The molecule has 1 heterocycles. The predicted octanol–water partition coefficient (Wildman–Crippen LogP) is 4.43. The lowest BCUT2D eigenvalue weighted by Gasteiger charge is -2.07. The van der Waals surface area contributed by atoms with Crippen molar-refractivity contribution in [3.05, 3.63) is 57.6 Å². The fourth-order valence-electron chi connectivity index (χ4n) is 2.07. The number of benzene rings is 2. The third kappa shape index (κ3) is 2.00. The topological polar surface area (TPSA) is 17.1 Å². The molecule has 0 atom stereocenters. The lowest BCUT2D eigenvalue weighted by molar-refractivity contribution is -0.134. The van der Waals surface area contributed by atoms with Crippen molar-refractivity contribution >= 4 is 32.2 Å². The summed E-state index contributed by atoms with van der Waals surface area (Å²) in [5.74, 6) is 0. The fourth-order valence-corrected chi connectivity index (χ4v) is 3.04. The molecule has 0 fully saturated rings. The summed E-state index contributed by atoms with van der Waals surface area (Å²) in [5, 5.41) is 1.89. The summed E-state index contributed by atoms with van der Waals surface area (Å²) in [6, 6.07) is 11.2. The van der Waals surface area contributed by atoms with E-state index in [0.717, 1.165) is 5.39 Å². The van der Waals surface area contributed by atoms with Gasteiger partial charge in [0.25, 0.3) is 0 Å². The van der Waals surface area contributed by atoms with Crippen LogP contribution in [-0.4, -0.2) is 0 Å². The van der Waals surface area contributed by atoms with Crippen molar-refractivity contribution in [3.8, 4) is 0 Å². The van der Waals surface area contributed by atoms with Crippen molar-refractivity contribution in [1.29, 1.82) is 0 Å². The third-order valence-corrected chi connectivity index (χ3v) is 4.03. The average molecular weight is 280 g/mol. The largest absolute Gasteiger partial charge is 0.425 e. The summed E-state index contributed by atoms with van der Waals surface area (Å²) in [7, 11) is 0. The van der Waals surface area contributed by atoms with E-state index in [2.05, 4.69) is 0 Å². The molecule has 0 saturated heterocycles. The highest BCUT2D eigenvalue weighted by molar-refractivity contribution is 7.18. The molecule has 0 radical (unpaired) electrons. The van der Waals surface area contributed by atoms with Crippen LogP contribution in [0.4, 0.5) is 13.2 Å². The highest BCUT2D eigenvalue weighted by atomic mass is 32.1. The fraction of sp³-hybridized carbons (Fsp3) is 0.0714. The van der Waals surface area contributed by atoms with Gasteiger partial charge in [-0.05, 0) is 16.8 Å². The smallest absolute Gasteiger partial charge is 0.289 e. The van der Waals surface area contributed by atoms with Crippen LogP contribution in [0.2, 0.25) is 0 Å². The molecule has 3 aromatic rings. The number of fused-ring (bicyclic) bond motifs is 3. The van der Waals surface area contributed by atoms with Gasteiger partial charge in [-0.15, -0.1) is 11.3 Å². The van der Waals surface area contributed by atoms with Gasteiger partial charge in [-0.1, -0.05) is 30.3 Å². The van der Waals surface area contributed by atoms with Gasteiger partial charge in [0.2, 0.25) is 0 Å². The molecule has 0 amide bonds. The molecule has 0 aliphatic rings. The molecule has 0 bridgehead atoms. The highest BCUT2D eigenvalue weighted by Crippen LogP contribution is 2.35. The van der Waals surface area contributed by atoms with Crippen LogP contribution in [0.1, 0.15) is 4.88 Å². The normalized spacial score (nSPS) is 12.2. The zero-order chi connectivity index (χ0) is 13.6. The Kier molecular flexibility index (Phi) is 2.60. The SMILES string of the molecule is O=c1cc(C(F)(F)F)sc2ccc3ccccc3c12. The van der Waals surface area contributed by atoms with Crippen molar-refractivity contribution < 1.29 is 13.2 Å². The van der Waals surface area contributed by atoms with Crippen molar-refractivity contribution in [3.63, 3.8) is 0 Å². The maximum Gasteiger partial charge on any atom is 0.425 e. The number of hydrogen-bond acceptors (Lipinski definition) is 2. The second-order valence-electron chi connectivity index (χ2n) is 4.13. The summed E-state index contributed by atoms with van der Waals surface area (Å²) in [6.07, 6.45) is -4.48. The van der Waals surface area contributed by atoms with E-state index in [1.165, 1.54) is 0 Å². The standard InChI is InChI=1S/C14H7F3OS/c15-14(16,17)12-7-10(18)13-9-4-2-1-3-8(9)5-6-11(13)19-12/h1-7H. The molecule has 3 rings (SSSR count). The van der Waals surface area contributed by atoms with Crippen LogP contribution in [0.15, 0.2) is 47.3 Å². The lowest BCUT2D eigenvalue weighted by Crippen LogP contribution is -2.09. The van der Waals surface area contributed by atoms with Crippen LogP contribution < -0.4 is 5.43 Å². The average Bonchev–Trinajstić information content (AvgIpc) is 2.37. The van der Waals surface area contributed by atoms with Crippen molar-refractivity contribution in [2.75, 3.05) is 0 Å². The zero-order valence-corrected chi connectivity index (χ0v) is 10.3. The summed E-state index contributed by atoms with van der Waals surface area (Å²) in [6.45, 7) is 0. The Bertz CT molecular complexity index is 833. The van der Waals surface area contributed by atoms with E-state index in [-0.39, 0.29) is 0 Å². The first-order valence-corrected chi connectivity index (χ1v) is 6.31. The zero-order valence-electron chi connectivity index (χ0n) is 9.49. The van der Waals surface area contributed by atoms with Crippen LogP contribution in [0.25, 0.3) is 20.9 Å². The molecule has 0 aliphatic carbocycles.